The molecule has 0 aliphatic heterocycles. The van der Waals surface area contributed by atoms with Crippen LogP contribution in [0.3, 0.4) is 0 Å². The number of fused-ring (bicyclic) bond motifs is 6. The fourth-order valence-electron chi connectivity index (χ4n) is 16.2. The largest absolute Gasteiger partial charge is 0.497 e. The summed E-state index contributed by atoms with van der Waals surface area (Å²) in [5.74, 6) is -6.03. The number of ether oxygens (including phenoxy) is 1. The summed E-state index contributed by atoms with van der Waals surface area (Å²) in [6.45, 7) is 12.4. The van der Waals surface area contributed by atoms with Crippen molar-refractivity contribution in [1.82, 2.24) is 57.3 Å². The number of hydrogen-bond acceptors (Lipinski definition) is 13. The van der Waals surface area contributed by atoms with Gasteiger partial charge >= 0.3 is 37.1 Å². The number of aryl methyl sites for hydroxylation is 1. The van der Waals surface area contributed by atoms with Crippen LogP contribution in [0.1, 0.15) is 216 Å². The minimum absolute atomic E-state index is 0.000427. The number of benzene rings is 12. The molecule has 0 saturated carbocycles. The van der Waals surface area contributed by atoms with E-state index in [0.717, 1.165) is 40.5 Å². The first-order chi connectivity index (χ1) is 70.9. The molecule has 6 heterocycles. The van der Waals surface area contributed by atoms with Crippen LogP contribution in [0.15, 0.2) is 265 Å². The number of rotatable bonds is 25. The van der Waals surface area contributed by atoms with E-state index in [-0.39, 0.29) is 102 Å². The Kier molecular flexibility index (Phi) is 35.1. The highest BCUT2D eigenvalue weighted by molar-refractivity contribution is 9.10. The molecule has 0 spiro atoms. The SMILES string of the molecule is CCC(=O)c1ccc(Cn2c(C(F)(F)F)nc3cc(Br)ccc32)cc1.CCC(=O)c1ccc(Cn2c(C(F)(F)F)nc3cc(C)ccc32)cc1.CCC(=O)c1ccc(Cn2c(C(F)(F)F)nc3cc(Cl)ccc32)cc1.CCC(=O)c1ccc(Cn2c(C(F)(F)F)nc3cc(F)ccc32)cc1.CCC(=O)c1ccc(Cn2c(C(F)(F)F)nc3cc(OC)ccc32)cc1.CCC(=O)c1ccc(Cn2c(C(F)(F)F)nc3ccccc32)cc1. The Morgan fingerprint density at radius 1 is 0.273 bits per heavy atom. The number of halogens is 21. The third-order valence-corrected chi connectivity index (χ3v) is 24.5. The molecule has 0 unspecified atom stereocenters. The molecule has 40 heteroatoms. The molecule has 0 amide bonds. The van der Waals surface area contributed by atoms with Crippen LogP contribution in [0.25, 0.3) is 66.2 Å². The summed E-state index contributed by atoms with van der Waals surface area (Å²) in [4.78, 5) is 92.2. The molecule has 6 aromatic heterocycles. The number of imidazole rings is 6. The number of para-hydroxylation sites is 2. The predicted molar refractivity (Wildman–Crippen MR) is 533 cm³/mol. The van der Waals surface area contributed by atoms with Gasteiger partial charge in [-0.1, -0.05) is 233 Å². The Morgan fingerprint density at radius 2 is 0.500 bits per heavy atom. The van der Waals surface area contributed by atoms with Crippen LogP contribution >= 0.6 is 27.5 Å². The molecule has 0 fully saturated rings. The smallest absolute Gasteiger partial charge is 0.449 e. The van der Waals surface area contributed by atoms with E-state index in [1.54, 1.807) is 260 Å². The van der Waals surface area contributed by atoms with E-state index in [0.29, 0.717) is 159 Å². The number of hydrogen-bond donors (Lipinski definition) is 0. The van der Waals surface area contributed by atoms with Crippen molar-refractivity contribution in [2.24, 2.45) is 0 Å². The van der Waals surface area contributed by atoms with Crippen LogP contribution < -0.4 is 4.74 Å². The second-order valence-corrected chi connectivity index (χ2v) is 35.5. The zero-order valence-corrected chi connectivity index (χ0v) is 83.3. The second-order valence-electron chi connectivity index (χ2n) is 34.2. The third kappa shape index (κ3) is 27.2. The quantitative estimate of drug-likeness (QED) is 0.0384. The van der Waals surface area contributed by atoms with Gasteiger partial charge in [-0.05, 0) is 131 Å². The van der Waals surface area contributed by atoms with Crippen molar-refractivity contribution in [3.63, 3.8) is 0 Å². The van der Waals surface area contributed by atoms with Gasteiger partial charge in [-0.15, -0.1) is 0 Å². The second kappa shape index (κ2) is 47.1. The lowest BCUT2D eigenvalue weighted by Gasteiger charge is -2.12. The van der Waals surface area contributed by atoms with Crippen molar-refractivity contribution < 1.29 is 117 Å². The van der Waals surface area contributed by atoms with E-state index < -0.39 is 77.8 Å². The highest BCUT2D eigenvalue weighted by atomic mass is 79.9. The van der Waals surface area contributed by atoms with E-state index in [4.69, 9.17) is 16.3 Å². The molecule has 18 aromatic rings. The Bertz CT molecular complexity index is 7320. The molecule has 0 N–H and O–H groups in total. The van der Waals surface area contributed by atoms with Crippen LogP contribution in [0.4, 0.5) is 83.4 Å². The number of ketones is 6. The molecule has 12 aromatic carbocycles. The Morgan fingerprint density at radius 3 is 0.780 bits per heavy atom. The summed E-state index contributed by atoms with van der Waals surface area (Å²) in [6, 6.07) is 68.4. The number of aromatic nitrogens is 12. The Labute approximate surface area is 857 Å². The third-order valence-electron chi connectivity index (χ3n) is 23.8. The predicted octanol–water partition coefficient (Wildman–Crippen LogP) is 30.0. The van der Waals surface area contributed by atoms with Gasteiger partial charge in [-0.2, -0.15) is 79.0 Å². The zero-order chi connectivity index (χ0) is 109. The van der Waals surface area contributed by atoms with Gasteiger partial charge in [0, 0.05) is 133 Å². The maximum absolute atomic E-state index is 13.4. The highest BCUT2D eigenvalue weighted by Gasteiger charge is 2.43. The Balaban J connectivity index is 0.000000150. The van der Waals surface area contributed by atoms with Gasteiger partial charge in [0.1, 0.15) is 11.6 Å². The average molecular weight is 2170 g/mol. The molecular weight excluding hydrogens is 2080 g/mol. The van der Waals surface area contributed by atoms with Gasteiger partial charge in [0.15, 0.2) is 34.7 Å². The number of alkyl halides is 18. The van der Waals surface area contributed by atoms with Gasteiger partial charge in [-0.25, -0.2) is 34.3 Å². The lowest BCUT2D eigenvalue weighted by Crippen LogP contribution is -2.15. The van der Waals surface area contributed by atoms with E-state index >= 15 is 0 Å². The molecule has 0 saturated heterocycles. The van der Waals surface area contributed by atoms with Crippen molar-refractivity contribution in [2.75, 3.05) is 7.11 Å². The van der Waals surface area contributed by atoms with Crippen molar-refractivity contribution in [3.05, 3.63) is 383 Å². The van der Waals surface area contributed by atoms with Crippen LogP contribution in [0.2, 0.25) is 5.02 Å². The molecule has 18 rings (SSSR count). The van der Waals surface area contributed by atoms with Crippen LogP contribution in [0, 0.1) is 12.7 Å². The van der Waals surface area contributed by atoms with Crippen LogP contribution in [0.5, 0.6) is 5.75 Å². The number of nitrogens with zero attached hydrogens (tertiary/aromatic N) is 12. The molecular formula is C110H91BrClF19N12O7. The molecule has 0 aliphatic carbocycles. The zero-order valence-electron chi connectivity index (χ0n) is 81.0. The van der Waals surface area contributed by atoms with Crippen molar-refractivity contribution in [2.45, 2.75) is 163 Å². The lowest BCUT2D eigenvalue weighted by molar-refractivity contribution is -0.147. The topological polar surface area (TPSA) is 219 Å². The summed E-state index contributed by atoms with van der Waals surface area (Å²) in [5, 5.41) is 0.327. The molecule has 0 radical (unpaired) electrons. The van der Waals surface area contributed by atoms with E-state index in [1.807, 2.05) is 6.92 Å². The van der Waals surface area contributed by atoms with Gasteiger partial charge in [0.2, 0.25) is 34.9 Å². The monoisotopic (exact) mass is 2170 g/mol. The van der Waals surface area contributed by atoms with Crippen LogP contribution in [-0.4, -0.2) is 99.1 Å². The van der Waals surface area contributed by atoms with Crippen molar-refractivity contribution in [3.8, 4) is 5.75 Å². The summed E-state index contributed by atoms with van der Waals surface area (Å²) in [7, 11) is 1.45. The van der Waals surface area contributed by atoms with E-state index in [9.17, 15) is 112 Å². The number of methoxy groups -OCH3 is 1. The lowest BCUT2D eigenvalue weighted by atomic mass is 10.1. The minimum Gasteiger partial charge on any atom is -0.497 e. The molecule has 150 heavy (non-hydrogen) atoms. The van der Waals surface area contributed by atoms with Crippen molar-refractivity contribution in [1.29, 1.82) is 0 Å². The summed E-state index contributed by atoms with van der Waals surface area (Å²) < 4.78 is 266. The van der Waals surface area contributed by atoms with Gasteiger partial charge in [-0.3, -0.25) is 28.8 Å². The minimum atomic E-state index is -4.66. The normalized spacial score (nSPS) is 11.8. The van der Waals surface area contributed by atoms with Crippen molar-refractivity contribution >= 4 is 128 Å². The van der Waals surface area contributed by atoms with Gasteiger partial charge < -0.3 is 32.1 Å². The van der Waals surface area contributed by atoms with Gasteiger partial charge in [0.25, 0.3) is 0 Å². The fourth-order valence-corrected chi connectivity index (χ4v) is 16.7. The molecule has 19 nitrogen and oxygen atoms in total. The standard InChI is InChI=1S/C19H17F3N2O2.C19H17F3N2O.C18H14BrF3N2O.C18H14ClF3N2O.C18H14F4N2O.C18H15F3N2O/c1-3-17(25)13-6-4-12(5-7-13)11-24-16-9-8-14(26-2)10-15(16)23-18(24)19(20,21)22;1-3-17(25)14-7-5-13(6-8-14)11-24-16-9-4-12(2)10-15(16)23-18(24)19(20,21)22;3*1-2-16(25)12-5-3-11(4-6-12)10-24-15-8-7-13(19)9-14(15)23-17(24)18(20,21)22;1-2-16(24)13-9-7-12(8-10-13)11-23-15-6-4-3-5-14(15)22-17(23)18(19,20)21/h4-10H,3,11H2,1-2H3;4-10H,3,11H2,1-2H3;3*3-9H,2,10H2,1H3;3-10H,2,11H2,1H3. The first-order valence-electron chi connectivity index (χ1n) is 46.5. The summed E-state index contributed by atoms with van der Waals surface area (Å²) >= 11 is 9.10. The van der Waals surface area contributed by atoms with E-state index in [1.165, 1.54) is 42.0 Å². The first-order valence-corrected chi connectivity index (χ1v) is 47.7. The first kappa shape index (κ1) is 112. The maximum Gasteiger partial charge on any atom is 0.449 e. The average Bonchev–Trinajstić information content (AvgIpc) is 1.63. The fraction of sp³-hybridized carbons (Fsp3) is 0.236. The maximum atomic E-state index is 13.4. The highest BCUT2D eigenvalue weighted by Crippen LogP contribution is 2.41. The van der Waals surface area contributed by atoms with Crippen LogP contribution in [-0.2, 0) is 76.3 Å². The molecule has 0 atom stereocenters. The number of carbonyl (C=O) groups is 6. The summed E-state index contributed by atoms with van der Waals surface area (Å²) in [6.07, 6.45) is -25.1. The van der Waals surface area contributed by atoms with Gasteiger partial charge in [0.05, 0.1) is 73.3 Å². The van der Waals surface area contributed by atoms with E-state index in [2.05, 4.69) is 45.8 Å². The summed E-state index contributed by atoms with van der Waals surface area (Å²) in [5.41, 5.74) is 11.5. The Hall–Kier alpha value is -15.3. The number of carbonyl (C=O) groups excluding carboxylic acids is 6. The molecule has 0 aliphatic rings. The number of Topliss-reactive ketones (excluding diaryl/α,β-unsaturated/α-hetero) is 6. The molecule has 0 bridgehead atoms. The molecule has 780 valence electrons.